The third kappa shape index (κ3) is 4.51. The van der Waals surface area contributed by atoms with Crippen LogP contribution in [-0.4, -0.2) is 53.4 Å². The maximum atomic E-state index is 13.0. The molecule has 0 aliphatic carbocycles. The predicted molar refractivity (Wildman–Crippen MR) is 110 cm³/mol. The smallest absolute Gasteiger partial charge is 0.255 e. The minimum absolute atomic E-state index is 0.0137. The van der Waals surface area contributed by atoms with Gasteiger partial charge in [0.25, 0.3) is 5.91 Å². The SMILES string of the molecule is CCN(CC)S(=O)(=O)c1cc(C(=O)N(C)Cc2ccnn2CC)c(Cl)cc1Cl. The van der Waals surface area contributed by atoms with Crippen molar-refractivity contribution in [3.63, 3.8) is 0 Å². The molecule has 1 heterocycles. The molecule has 10 heteroatoms. The fourth-order valence-corrected chi connectivity index (χ4v) is 5.18. The van der Waals surface area contributed by atoms with Gasteiger partial charge in [0.15, 0.2) is 0 Å². The summed E-state index contributed by atoms with van der Waals surface area (Å²) >= 11 is 12.4. The van der Waals surface area contributed by atoms with E-state index in [-0.39, 0.29) is 20.5 Å². The molecule has 2 rings (SSSR count). The van der Waals surface area contributed by atoms with Gasteiger partial charge in [0, 0.05) is 32.9 Å². The number of amides is 1. The lowest BCUT2D eigenvalue weighted by Gasteiger charge is -2.22. The second-order valence-corrected chi connectivity index (χ2v) is 8.87. The van der Waals surface area contributed by atoms with Crippen molar-refractivity contribution in [3.05, 3.63) is 45.7 Å². The molecule has 1 aromatic carbocycles. The third-order valence-corrected chi connectivity index (χ3v) is 7.25. The zero-order valence-corrected chi connectivity index (χ0v) is 18.6. The summed E-state index contributed by atoms with van der Waals surface area (Å²) in [5, 5.41) is 4.27. The fraction of sp³-hybridized carbons (Fsp3) is 0.444. The molecule has 0 bridgehead atoms. The summed E-state index contributed by atoms with van der Waals surface area (Å²) in [7, 11) is -2.21. The van der Waals surface area contributed by atoms with E-state index in [2.05, 4.69) is 5.10 Å². The zero-order valence-electron chi connectivity index (χ0n) is 16.3. The van der Waals surface area contributed by atoms with Crippen molar-refractivity contribution in [2.45, 2.75) is 38.8 Å². The van der Waals surface area contributed by atoms with Crippen molar-refractivity contribution in [3.8, 4) is 0 Å². The first-order valence-corrected chi connectivity index (χ1v) is 11.1. The Labute approximate surface area is 175 Å². The van der Waals surface area contributed by atoms with Gasteiger partial charge in [0.1, 0.15) is 4.90 Å². The number of benzene rings is 1. The maximum Gasteiger partial charge on any atom is 0.255 e. The van der Waals surface area contributed by atoms with Gasteiger partial charge in [-0.05, 0) is 25.1 Å². The first kappa shape index (κ1) is 22.7. The van der Waals surface area contributed by atoms with E-state index < -0.39 is 15.9 Å². The van der Waals surface area contributed by atoms with Crippen molar-refractivity contribution in [1.82, 2.24) is 19.0 Å². The molecule has 0 spiro atoms. The summed E-state index contributed by atoms with van der Waals surface area (Å²) in [5.74, 6) is -0.401. The molecule has 28 heavy (non-hydrogen) atoms. The highest BCUT2D eigenvalue weighted by atomic mass is 35.5. The van der Waals surface area contributed by atoms with Gasteiger partial charge < -0.3 is 4.90 Å². The first-order valence-electron chi connectivity index (χ1n) is 8.92. The van der Waals surface area contributed by atoms with E-state index in [0.29, 0.717) is 26.2 Å². The molecular weight excluding hydrogens is 423 g/mol. The summed E-state index contributed by atoms with van der Waals surface area (Å²) < 4.78 is 28.8. The van der Waals surface area contributed by atoms with Crippen molar-refractivity contribution in [2.24, 2.45) is 0 Å². The molecule has 1 amide bonds. The number of rotatable bonds is 8. The second-order valence-electron chi connectivity index (χ2n) is 6.15. The van der Waals surface area contributed by atoms with E-state index in [4.69, 9.17) is 23.2 Å². The van der Waals surface area contributed by atoms with Gasteiger partial charge in [-0.2, -0.15) is 9.40 Å². The molecule has 0 saturated carbocycles. The Morgan fingerprint density at radius 3 is 2.36 bits per heavy atom. The monoisotopic (exact) mass is 446 g/mol. The normalized spacial score (nSPS) is 11.8. The van der Waals surface area contributed by atoms with Crippen LogP contribution in [0.5, 0.6) is 0 Å². The summed E-state index contributed by atoms with van der Waals surface area (Å²) in [6, 6.07) is 4.39. The Balaban J connectivity index is 2.41. The predicted octanol–water partition coefficient (Wildman–Crippen LogP) is 3.51. The summed E-state index contributed by atoms with van der Waals surface area (Å²) in [6.45, 7) is 7.01. The van der Waals surface area contributed by atoms with Crippen LogP contribution in [0.1, 0.15) is 36.8 Å². The average molecular weight is 447 g/mol. The van der Waals surface area contributed by atoms with Gasteiger partial charge in [-0.15, -0.1) is 0 Å². The molecule has 0 aliphatic rings. The van der Waals surface area contributed by atoms with Crippen molar-refractivity contribution < 1.29 is 13.2 Å². The number of carbonyl (C=O) groups excluding carboxylic acids is 1. The van der Waals surface area contributed by atoms with E-state index in [1.165, 1.54) is 21.3 Å². The highest BCUT2D eigenvalue weighted by Gasteiger charge is 2.28. The molecule has 0 saturated heterocycles. The van der Waals surface area contributed by atoms with Crippen LogP contribution in [0.4, 0.5) is 0 Å². The largest absolute Gasteiger partial charge is 0.336 e. The summed E-state index contributed by atoms with van der Waals surface area (Å²) in [6.07, 6.45) is 1.67. The number of sulfonamides is 1. The molecule has 0 fully saturated rings. The molecule has 154 valence electrons. The van der Waals surface area contributed by atoms with Crippen LogP contribution in [0.3, 0.4) is 0 Å². The maximum absolute atomic E-state index is 13.0. The van der Waals surface area contributed by atoms with Crippen LogP contribution >= 0.6 is 23.2 Å². The van der Waals surface area contributed by atoms with E-state index in [1.807, 2.05) is 13.0 Å². The van der Waals surface area contributed by atoms with Crippen LogP contribution in [0.2, 0.25) is 10.0 Å². The number of hydrogen-bond acceptors (Lipinski definition) is 4. The summed E-state index contributed by atoms with van der Waals surface area (Å²) in [5.41, 5.74) is 0.946. The van der Waals surface area contributed by atoms with Crippen molar-refractivity contribution >= 4 is 39.1 Å². The van der Waals surface area contributed by atoms with Gasteiger partial charge in [0.2, 0.25) is 10.0 Å². The van der Waals surface area contributed by atoms with Crippen LogP contribution in [0.25, 0.3) is 0 Å². The van der Waals surface area contributed by atoms with Crippen LogP contribution < -0.4 is 0 Å². The van der Waals surface area contributed by atoms with Gasteiger partial charge >= 0.3 is 0 Å². The Bertz CT molecular complexity index is 956. The van der Waals surface area contributed by atoms with Gasteiger partial charge in [-0.25, -0.2) is 8.42 Å². The minimum Gasteiger partial charge on any atom is -0.336 e. The lowest BCUT2D eigenvalue weighted by Crippen LogP contribution is -2.31. The van der Waals surface area contributed by atoms with Gasteiger partial charge in [-0.3, -0.25) is 9.48 Å². The van der Waals surface area contributed by atoms with Crippen LogP contribution in [0.15, 0.2) is 29.3 Å². The fourth-order valence-electron chi connectivity index (χ4n) is 2.89. The Hall–Kier alpha value is -1.61. The summed E-state index contributed by atoms with van der Waals surface area (Å²) in [4.78, 5) is 14.3. The molecule has 7 nitrogen and oxygen atoms in total. The number of carbonyl (C=O) groups is 1. The van der Waals surface area contributed by atoms with Crippen molar-refractivity contribution in [2.75, 3.05) is 20.1 Å². The lowest BCUT2D eigenvalue weighted by molar-refractivity contribution is 0.0781. The Morgan fingerprint density at radius 2 is 1.79 bits per heavy atom. The standard InChI is InChI=1S/C18H24Cl2N4O3S/c1-5-23(6-2)28(26,27)17-10-14(15(19)11-16(17)20)18(25)22(4)12-13-8-9-21-24(13)7-3/h8-11H,5-7,12H2,1-4H3. The van der Waals surface area contributed by atoms with Crippen LogP contribution in [0, 0.1) is 0 Å². The topological polar surface area (TPSA) is 75.5 Å². The molecule has 2 aromatic rings. The Morgan fingerprint density at radius 1 is 1.14 bits per heavy atom. The second kappa shape index (κ2) is 9.26. The minimum atomic E-state index is -3.83. The molecule has 0 unspecified atom stereocenters. The number of aryl methyl sites for hydroxylation is 1. The van der Waals surface area contributed by atoms with E-state index in [0.717, 1.165) is 5.69 Å². The zero-order chi connectivity index (χ0) is 21.1. The molecule has 0 radical (unpaired) electrons. The van der Waals surface area contributed by atoms with Gasteiger partial charge in [-0.1, -0.05) is 37.0 Å². The van der Waals surface area contributed by atoms with E-state index in [9.17, 15) is 13.2 Å². The van der Waals surface area contributed by atoms with E-state index >= 15 is 0 Å². The number of hydrogen-bond donors (Lipinski definition) is 0. The molecule has 1 aromatic heterocycles. The molecular formula is C18H24Cl2N4O3S. The van der Waals surface area contributed by atoms with Gasteiger partial charge in [0.05, 0.1) is 27.8 Å². The first-order chi connectivity index (χ1) is 13.2. The van der Waals surface area contributed by atoms with Crippen LogP contribution in [-0.2, 0) is 23.1 Å². The van der Waals surface area contributed by atoms with Crippen molar-refractivity contribution in [1.29, 1.82) is 0 Å². The quantitative estimate of drug-likeness (QED) is 0.621. The molecule has 0 N–H and O–H groups in total. The number of aromatic nitrogens is 2. The Kier molecular flexibility index (Phi) is 7.50. The average Bonchev–Trinajstić information content (AvgIpc) is 3.08. The lowest BCUT2D eigenvalue weighted by atomic mass is 10.2. The number of nitrogens with zero attached hydrogens (tertiary/aromatic N) is 4. The highest BCUT2D eigenvalue weighted by molar-refractivity contribution is 7.89. The number of halogens is 2. The van der Waals surface area contributed by atoms with E-state index in [1.54, 1.807) is 31.8 Å². The molecule has 0 atom stereocenters. The highest BCUT2D eigenvalue weighted by Crippen LogP contribution is 2.31. The molecule has 0 aliphatic heterocycles. The third-order valence-electron chi connectivity index (χ3n) is 4.43.